The van der Waals surface area contributed by atoms with E-state index in [1.54, 1.807) is 4.90 Å². The first kappa shape index (κ1) is 16.5. The van der Waals surface area contributed by atoms with Crippen molar-refractivity contribution in [1.29, 1.82) is 0 Å². The van der Waals surface area contributed by atoms with E-state index in [1.165, 1.54) is 0 Å². The van der Waals surface area contributed by atoms with E-state index in [1.807, 2.05) is 20.8 Å². The molecule has 0 radical (unpaired) electrons. The summed E-state index contributed by atoms with van der Waals surface area (Å²) in [6, 6.07) is 0.439. The van der Waals surface area contributed by atoms with Gasteiger partial charge in [-0.1, -0.05) is 0 Å². The van der Waals surface area contributed by atoms with Crippen LogP contribution in [0.15, 0.2) is 0 Å². The van der Waals surface area contributed by atoms with E-state index in [0.717, 1.165) is 39.0 Å². The highest BCUT2D eigenvalue weighted by atomic mass is 16.6. The largest absolute Gasteiger partial charge is 0.444 e. The van der Waals surface area contributed by atoms with Gasteiger partial charge in [-0.05, 0) is 33.6 Å². The monoisotopic (exact) mass is 299 g/mol. The molecule has 0 bridgehead atoms. The van der Waals surface area contributed by atoms with Crippen LogP contribution in [0.1, 0.15) is 33.6 Å². The Labute approximate surface area is 127 Å². The number of piperidine rings is 1. The molecule has 0 aliphatic carbocycles. The number of carbonyl (C=O) groups excluding carboxylic acids is 1. The SMILES string of the molecule is CC(C)(C)OC(=O)N1CCC(N2CC([C@@H](N)CO)C2)CC1. The smallest absolute Gasteiger partial charge is 0.410 e. The summed E-state index contributed by atoms with van der Waals surface area (Å²) in [5.41, 5.74) is 5.41. The third kappa shape index (κ3) is 4.31. The summed E-state index contributed by atoms with van der Waals surface area (Å²) in [5.74, 6) is 0.416. The average molecular weight is 299 g/mol. The van der Waals surface area contributed by atoms with Crippen LogP contribution in [0.4, 0.5) is 4.79 Å². The Kier molecular flexibility index (Phi) is 5.11. The Morgan fingerprint density at radius 1 is 1.33 bits per heavy atom. The van der Waals surface area contributed by atoms with Gasteiger partial charge in [0.05, 0.1) is 6.61 Å². The van der Waals surface area contributed by atoms with Gasteiger partial charge in [0.2, 0.25) is 0 Å². The van der Waals surface area contributed by atoms with Gasteiger partial charge in [0.1, 0.15) is 5.60 Å². The molecule has 2 fully saturated rings. The van der Waals surface area contributed by atoms with Crippen LogP contribution in [0, 0.1) is 5.92 Å². The molecule has 3 N–H and O–H groups in total. The van der Waals surface area contributed by atoms with E-state index in [2.05, 4.69) is 4.90 Å². The van der Waals surface area contributed by atoms with E-state index in [9.17, 15) is 4.79 Å². The summed E-state index contributed by atoms with van der Waals surface area (Å²) < 4.78 is 5.41. The van der Waals surface area contributed by atoms with Gasteiger partial charge in [-0.15, -0.1) is 0 Å². The highest BCUT2D eigenvalue weighted by Crippen LogP contribution is 2.27. The third-order valence-electron chi connectivity index (χ3n) is 4.39. The number of likely N-dealkylation sites (tertiary alicyclic amines) is 2. The van der Waals surface area contributed by atoms with Crippen molar-refractivity contribution in [3.8, 4) is 0 Å². The highest BCUT2D eigenvalue weighted by molar-refractivity contribution is 5.68. The molecular weight excluding hydrogens is 270 g/mol. The van der Waals surface area contributed by atoms with Crippen molar-refractivity contribution in [3.05, 3.63) is 0 Å². The summed E-state index contributed by atoms with van der Waals surface area (Å²) in [6.07, 6.45) is 1.77. The summed E-state index contributed by atoms with van der Waals surface area (Å²) in [5, 5.41) is 9.05. The number of ether oxygens (including phenoxy) is 1. The van der Waals surface area contributed by atoms with Crippen molar-refractivity contribution in [2.45, 2.75) is 51.3 Å². The standard InChI is InChI=1S/C15H29N3O3/c1-15(2,3)21-14(20)17-6-4-12(5-7-17)18-8-11(9-18)13(16)10-19/h11-13,19H,4-10,16H2,1-3H3/t13-/m0/s1. The van der Waals surface area contributed by atoms with E-state index in [0.29, 0.717) is 12.0 Å². The molecule has 2 rings (SSSR count). The molecule has 122 valence electrons. The molecule has 6 nitrogen and oxygen atoms in total. The molecule has 1 atom stereocenters. The Morgan fingerprint density at radius 2 is 1.90 bits per heavy atom. The van der Waals surface area contributed by atoms with Crippen LogP contribution in [0.3, 0.4) is 0 Å². The minimum absolute atomic E-state index is 0.0651. The van der Waals surface area contributed by atoms with Crippen molar-refractivity contribution in [1.82, 2.24) is 9.80 Å². The van der Waals surface area contributed by atoms with Gasteiger partial charge in [0, 0.05) is 44.2 Å². The molecule has 21 heavy (non-hydrogen) atoms. The number of nitrogens with zero attached hydrogens (tertiary/aromatic N) is 2. The number of hydrogen-bond donors (Lipinski definition) is 2. The molecule has 1 amide bonds. The topological polar surface area (TPSA) is 79.0 Å². The van der Waals surface area contributed by atoms with Crippen LogP contribution in [0.2, 0.25) is 0 Å². The maximum absolute atomic E-state index is 12.0. The second kappa shape index (κ2) is 6.50. The lowest BCUT2D eigenvalue weighted by molar-refractivity contribution is -0.0111. The predicted octanol–water partition coefficient (Wildman–Crippen LogP) is 0.637. The zero-order chi connectivity index (χ0) is 15.6. The average Bonchev–Trinajstić information content (AvgIpc) is 2.35. The van der Waals surface area contributed by atoms with Gasteiger partial charge in [-0.2, -0.15) is 0 Å². The quantitative estimate of drug-likeness (QED) is 0.799. The van der Waals surface area contributed by atoms with E-state index in [-0.39, 0.29) is 18.7 Å². The molecule has 0 aromatic heterocycles. The zero-order valence-corrected chi connectivity index (χ0v) is 13.4. The molecule has 0 aromatic rings. The molecule has 0 aromatic carbocycles. The fraction of sp³-hybridized carbons (Fsp3) is 0.933. The molecule has 0 unspecified atom stereocenters. The summed E-state index contributed by atoms with van der Waals surface area (Å²) in [6.45, 7) is 9.19. The Bertz CT molecular complexity index is 356. The number of hydrogen-bond acceptors (Lipinski definition) is 5. The number of aliphatic hydroxyl groups excluding tert-OH is 1. The van der Waals surface area contributed by atoms with Crippen LogP contribution < -0.4 is 5.73 Å². The van der Waals surface area contributed by atoms with Crippen molar-refractivity contribution in [2.75, 3.05) is 32.8 Å². The minimum Gasteiger partial charge on any atom is -0.444 e. The van der Waals surface area contributed by atoms with Gasteiger partial charge in [-0.25, -0.2) is 4.79 Å². The van der Waals surface area contributed by atoms with Crippen LogP contribution in [-0.2, 0) is 4.74 Å². The van der Waals surface area contributed by atoms with Crippen molar-refractivity contribution >= 4 is 6.09 Å². The third-order valence-corrected chi connectivity index (χ3v) is 4.39. The van der Waals surface area contributed by atoms with E-state index in [4.69, 9.17) is 15.6 Å². The first-order valence-electron chi connectivity index (χ1n) is 7.88. The normalized spacial score (nSPS) is 23.8. The molecule has 2 aliphatic heterocycles. The fourth-order valence-corrected chi connectivity index (χ4v) is 3.01. The van der Waals surface area contributed by atoms with Gasteiger partial charge in [-0.3, -0.25) is 4.90 Å². The molecule has 0 spiro atoms. The summed E-state index contributed by atoms with van der Waals surface area (Å²) in [4.78, 5) is 16.2. The summed E-state index contributed by atoms with van der Waals surface area (Å²) in [7, 11) is 0. The van der Waals surface area contributed by atoms with Crippen molar-refractivity contribution in [2.24, 2.45) is 11.7 Å². The predicted molar refractivity (Wildman–Crippen MR) is 81.0 cm³/mol. The number of amides is 1. The maximum Gasteiger partial charge on any atom is 0.410 e. The highest BCUT2D eigenvalue weighted by Gasteiger charge is 2.37. The van der Waals surface area contributed by atoms with Gasteiger partial charge >= 0.3 is 6.09 Å². The first-order chi connectivity index (χ1) is 9.80. The number of nitrogens with two attached hydrogens (primary N) is 1. The van der Waals surface area contributed by atoms with Crippen LogP contribution in [0.5, 0.6) is 0 Å². The summed E-state index contributed by atoms with van der Waals surface area (Å²) >= 11 is 0. The second-order valence-corrected chi connectivity index (χ2v) is 7.26. The molecule has 0 saturated carbocycles. The number of rotatable bonds is 3. The fourth-order valence-electron chi connectivity index (χ4n) is 3.01. The first-order valence-corrected chi connectivity index (χ1v) is 7.88. The van der Waals surface area contributed by atoms with E-state index < -0.39 is 5.60 Å². The van der Waals surface area contributed by atoms with Crippen LogP contribution in [-0.4, -0.2) is 71.5 Å². The Balaban J connectivity index is 1.71. The van der Waals surface area contributed by atoms with Crippen molar-refractivity contribution < 1.29 is 14.6 Å². The molecule has 6 heteroatoms. The lowest BCUT2D eigenvalue weighted by atomic mass is 9.88. The molecular formula is C15H29N3O3. The molecule has 2 heterocycles. The Morgan fingerprint density at radius 3 is 2.38 bits per heavy atom. The van der Waals surface area contributed by atoms with Crippen LogP contribution >= 0.6 is 0 Å². The lowest BCUT2D eigenvalue weighted by Crippen LogP contribution is -2.60. The molecule has 2 saturated heterocycles. The zero-order valence-electron chi connectivity index (χ0n) is 13.4. The molecule has 2 aliphatic rings. The van der Waals surface area contributed by atoms with Crippen LogP contribution in [0.25, 0.3) is 0 Å². The van der Waals surface area contributed by atoms with Gasteiger partial charge in [0.25, 0.3) is 0 Å². The van der Waals surface area contributed by atoms with Gasteiger partial charge < -0.3 is 20.5 Å². The maximum atomic E-state index is 12.0. The van der Waals surface area contributed by atoms with Crippen molar-refractivity contribution in [3.63, 3.8) is 0 Å². The number of carbonyl (C=O) groups is 1. The lowest BCUT2D eigenvalue weighted by Gasteiger charge is -2.48. The Hall–Kier alpha value is -0.850. The van der Waals surface area contributed by atoms with E-state index >= 15 is 0 Å². The second-order valence-electron chi connectivity index (χ2n) is 7.26. The van der Waals surface area contributed by atoms with Gasteiger partial charge in [0.15, 0.2) is 0 Å². The minimum atomic E-state index is -0.431. The number of aliphatic hydroxyl groups is 1.